The van der Waals surface area contributed by atoms with Gasteiger partial charge in [0.25, 0.3) is 0 Å². The Morgan fingerprint density at radius 1 is 1.41 bits per heavy atom. The number of ether oxygens (including phenoxy) is 2. The smallest absolute Gasteiger partial charge is 0.334 e. The molecule has 0 spiro atoms. The van der Waals surface area contributed by atoms with Crippen molar-refractivity contribution in [3.05, 3.63) is 28.7 Å². The van der Waals surface area contributed by atoms with Gasteiger partial charge in [0.2, 0.25) is 5.91 Å². The molecule has 1 aliphatic rings. The highest BCUT2D eigenvalue weighted by Crippen LogP contribution is 2.23. The van der Waals surface area contributed by atoms with Crippen molar-refractivity contribution in [1.29, 1.82) is 0 Å². The molecule has 1 N–H and O–H groups in total. The number of morpholine rings is 1. The molecule has 1 fully saturated rings. The SMILES string of the molecule is O=C(O)C1CN(C(=O)CCCOc2ccccc2Br)CCO1. The van der Waals surface area contributed by atoms with Crippen molar-refractivity contribution in [2.24, 2.45) is 0 Å². The summed E-state index contributed by atoms with van der Waals surface area (Å²) in [4.78, 5) is 24.5. The van der Waals surface area contributed by atoms with Crippen LogP contribution in [0.4, 0.5) is 0 Å². The van der Waals surface area contributed by atoms with Crippen LogP contribution in [0.25, 0.3) is 0 Å². The van der Waals surface area contributed by atoms with Crippen LogP contribution in [0.5, 0.6) is 5.75 Å². The Balaban J connectivity index is 1.71. The summed E-state index contributed by atoms with van der Waals surface area (Å²) in [5, 5.41) is 8.92. The minimum absolute atomic E-state index is 0.0646. The summed E-state index contributed by atoms with van der Waals surface area (Å²) in [6.45, 7) is 1.24. The zero-order valence-corrected chi connectivity index (χ0v) is 13.6. The highest BCUT2D eigenvalue weighted by Gasteiger charge is 2.28. The van der Waals surface area contributed by atoms with Gasteiger partial charge in [-0.1, -0.05) is 12.1 Å². The van der Waals surface area contributed by atoms with Crippen molar-refractivity contribution >= 4 is 27.8 Å². The lowest BCUT2D eigenvalue weighted by Gasteiger charge is -2.30. The third kappa shape index (κ3) is 4.71. The maximum absolute atomic E-state index is 12.1. The molecule has 0 saturated carbocycles. The fraction of sp³-hybridized carbons (Fsp3) is 0.467. The minimum Gasteiger partial charge on any atom is -0.492 e. The Kier molecular flexibility index (Phi) is 6.21. The number of carbonyl (C=O) groups excluding carboxylic acids is 1. The normalized spacial score (nSPS) is 18.0. The van der Waals surface area contributed by atoms with Crippen molar-refractivity contribution < 1.29 is 24.2 Å². The molecule has 0 aromatic heterocycles. The van der Waals surface area contributed by atoms with E-state index in [9.17, 15) is 9.59 Å². The molecular weight excluding hydrogens is 354 g/mol. The number of para-hydroxylation sites is 1. The number of hydrogen-bond acceptors (Lipinski definition) is 4. The van der Waals surface area contributed by atoms with Crippen molar-refractivity contribution in [2.45, 2.75) is 18.9 Å². The van der Waals surface area contributed by atoms with E-state index in [-0.39, 0.29) is 19.1 Å². The molecule has 22 heavy (non-hydrogen) atoms. The first-order chi connectivity index (χ1) is 10.6. The van der Waals surface area contributed by atoms with E-state index in [0.29, 0.717) is 26.0 Å². The van der Waals surface area contributed by atoms with Crippen molar-refractivity contribution in [3.8, 4) is 5.75 Å². The predicted molar refractivity (Wildman–Crippen MR) is 82.8 cm³/mol. The highest BCUT2D eigenvalue weighted by molar-refractivity contribution is 9.10. The van der Waals surface area contributed by atoms with E-state index in [1.54, 1.807) is 4.90 Å². The first kappa shape index (κ1) is 16.8. The summed E-state index contributed by atoms with van der Waals surface area (Å²) in [5.41, 5.74) is 0. The standard InChI is InChI=1S/C15H18BrNO5/c16-11-4-1-2-5-12(11)21-8-3-6-14(18)17-7-9-22-13(10-17)15(19)20/h1-2,4-5,13H,3,6-10H2,(H,19,20). The Morgan fingerprint density at radius 2 is 2.18 bits per heavy atom. The van der Waals surface area contributed by atoms with Crippen LogP contribution in [0, 0.1) is 0 Å². The number of amides is 1. The molecule has 7 heteroatoms. The first-order valence-electron chi connectivity index (χ1n) is 7.07. The zero-order valence-electron chi connectivity index (χ0n) is 12.0. The van der Waals surface area contributed by atoms with Crippen LogP contribution in [0.1, 0.15) is 12.8 Å². The molecule has 0 aliphatic carbocycles. The number of rotatable bonds is 6. The molecule has 0 radical (unpaired) electrons. The van der Waals surface area contributed by atoms with Gasteiger partial charge in [-0.3, -0.25) is 4.79 Å². The van der Waals surface area contributed by atoms with Gasteiger partial charge < -0.3 is 19.5 Å². The zero-order chi connectivity index (χ0) is 15.9. The molecule has 1 amide bonds. The second-order valence-electron chi connectivity index (χ2n) is 4.92. The molecule has 1 aromatic rings. The molecule has 1 saturated heterocycles. The van der Waals surface area contributed by atoms with Gasteiger partial charge in [-0.2, -0.15) is 0 Å². The van der Waals surface area contributed by atoms with Gasteiger partial charge >= 0.3 is 5.97 Å². The van der Waals surface area contributed by atoms with Crippen molar-refractivity contribution in [2.75, 3.05) is 26.3 Å². The summed E-state index contributed by atoms with van der Waals surface area (Å²) >= 11 is 3.39. The van der Waals surface area contributed by atoms with Crippen LogP contribution < -0.4 is 4.74 Å². The number of carbonyl (C=O) groups is 2. The average Bonchev–Trinajstić information content (AvgIpc) is 2.53. The van der Waals surface area contributed by atoms with Crippen molar-refractivity contribution in [1.82, 2.24) is 4.90 Å². The van der Waals surface area contributed by atoms with Gasteiger partial charge in [0.15, 0.2) is 6.10 Å². The Labute approximate surface area is 137 Å². The maximum atomic E-state index is 12.1. The van der Waals surface area contributed by atoms with Crippen LogP contribution in [-0.2, 0) is 14.3 Å². The van der Waals surface area contributed by atoms with Crippen LogP contribution >= 0.6 is 15.9 Å². The quantitative estimate of drug-likeness (QED) is 0.773. The molecule has 2 rings (SSSR count). The van der Waals surface area contributed by atoms with Crippen LogP contribution in [0.3, 0.4) is 0 Å². The summed E-state index contributed by atoms with van der Waals surface area (Å²) in [6, 6.07) is 7.52. The Hall–Kier alpha value is -1.60. The third-order valence-electron chi connectivity index (χ3n) is 3.32. The van der Waals surface area contributed by atoms with Crippen LogP contribution in [0.15, 0.2) is 28.7 Å². The van der Waals surface area contributed by atoms with Gasteiger partial charge in [-0.25, -0.2) is 4.79 Å². The van der Waals surface area contributed by atoms with Gasteiger partial charge in [0.05, 0.1) is 24.2 Å². The van der Waals surface area contributed by atoms with Gasteiger partial charge in [0, 0.05) is 13.0 Å². The number of aliphatic carboxylic acids is 1. The maximum Gasteiger partial charge on any atom is 0.334 e. The fourth-order valence-corrected chi connectivity index (χ4v) is 2.55. The molecule has 1 aromatic carbocycles. The lowest BCUT2D eigenvalue weighted by molar-refractivity contribution is -0.159. The van der Waals surface area contributed by atoms with Crippen LogP contribution in [0.2, 0.25) is 0 Å². The summed E-state index contributed by atoms with van der Waals surface area (Å²) < 4.78 is 11.6. The number of hydrogen-bond donors (Lipinski definition) is 1. The summed E-state index contributed by atoms with van der Waals surface area (Å²) in [7, 11) is 0. The molecule has 120 valence electrons. The van der Waals surface area contributed by atoms with E-state index in [0.717, 1.165) is 10.2 Å². The van der Waals surface area contributed by atoms with E-state index in [2.05, 4.69) is 15.9 Å². The minimum atomic E-state index is -1.03. The number of halogens is 1. The summed E-state index contributed by atoms with van der Waals surface area (Å²) in [6.07, 6.45) is -0.0132. The average molecular weight is 372 g/mol. The molecule has 6 nitrogen and oxygen atoms in total. The summed E-state index contributed by atoms with van der Waals surface area (Å²) in [5.74, 6) is -0.354. The second-order valence-corrected chi connectivity index (χ2v) is 5.77. The molecule has 0 bridgehead atoms. The largest absolute Gasteiger partial charge is 0.492 e. The van der Waals surface area contributed by atoms with Gasteiger partial charge in [-0.15, -0.1) is 0 Å². The van der Waals surface area contributed by atoms with E-state index in [1.165, 1.54) is 0 Å². The van der Waals surface area contributed by atoms with E-state index in [1.807, 2.05) is 24.3 Å². The lowest BCUT2D eigenvalue weighted by Crippen LogP contribution is -2.48. The third-order valence-corrected chi connectivity index (χ3v) is 3.98. The van der Waals surface area contributed by atoms with Gasteiger partial charge in [-0.05, 0) is 34.5 Å². The number of carboxylic acids is 1. The number of benzene rings is 1. The monoisotopic (exact) mass is 371 g/mol. The van der Waals surface area contributed by atoms with Crippen molar-refractivity contribution in [3.63, 3.8) is 0 Å². The molecule has 1 unspecified atom stereocenters. The van der Waals surface area contributed by atoms with Gasteiger partial charge in [0.1, 0.15) is 5.75 Å². The fourth-order valence-electron chi connectivity index (χ4n) is 2.15. The second kappa shape index (κ2) is 8.14. The number of carboxylic acid groups (broad SMARTS) is 1. The predicted octanol–water partition coefficient (Wildman–Crippen LogP) is 1.92. The van der Waals surface area contributed by atoms with E-state index in [4.69, 9.17) is 14.6 Å². The first-order valence-corrected chi connectivity index (χ1v) is 7.86. The highest BCUT2D eigenvalue weighted by atomic mass is 79.9. The molecule has 1 atom stereocenters. The molecule has 1 heterocycles. The molecular formula is C15H18BrNO5. The number of nitrogens with zero attached hydrogens (tertiary/aromatic N) is 1. The topological polar surface area (TPSA) is 76.1 Å². The van der Waals surface area contributed by atoms with Crippen LogP contribution in [-0.4, -0.2) is 54.3 Å². The Bertz CT molecular complexity index is 536. The molecule has 1 aliphatic heterocycles. The van der Waals surface area contributed by atoms with E-state index < -0.39 is 12.1 Å². The Morgan fingerprint density at radius 3 is 2.91 bits per heavy atom. The lowest BCUT2D eigenvalue weighted by atomic mass is 10.2. The van der Waals surface area contributed by atoms with E-state index >= 15 is 0 Å².